The first-order valence-electron chi connectivity index (χ1n) is 18.9. The minimum absolute atomic E-state index is 0.120. The Morgan fingerprint density at radius 2 is 1.65 bits per heavy atom. The largest absolute Gasteiger partial charge is 0.496 e. The molecule has 0 bridgehead atoms. The van der Waals surface area contributed by atoms with Crippen LogP contribution in [0.2, 0.25) is 0 Å². The first-order valence-corrected chi connectivity index (χ1v) is 18.9. The fourth-order valence-corrected chi connectivity index (χ4v) is 8.30. The number of hydrogen-bond acceptors (Lipinski definition) is 10. The number of methoxy groups -OCH3 is 2. The Hall–Kier alpha value is -4.92. The SMILES string of the molecule is COc1cc(-c2cn(C)c(=O)c3[nH]ncc23)cc(OC)c1CN1CCN(C(=O)C(C)(C)N2CCC(c3ccc(NC4CCC(=O)NC4O)cc3)CC2)CC1. The van der Waals surface area contributed by atoms with Gasteiger partial charge >= 0.3 is 0 Å². The van der Waals surface area contributed by atoms with Crippen LogP contribution >= 0.6 is 0 Å². The Labute approximate surface area is 315 Å². The summed E-state index contributed by atoms with van der Waals surface area (Å²) in [5.74, 6) is 1.85. The second-order valence-corrected chi connectivity index (χ2v) is 15.3. The topological polar surface area (TPSA) is 157 Å². The smallest absolute Gasteiger partial charge is 0.276 e. The summed E-state index contributed by atoms with van der Waals surface area (Å²) in [6.45, 7) is 9.16. The molecule has 0 aliphatic carbocycles. The lowest BCUT2D eigenvalue weighted by molar-refractivity contribution is -0.145. The number of piperidine rings is 2. The molecule has 288 valence electrons. The number of rotatable bonds is 10. The highest BCUT2D eigenvalue weighted by molar-refractivity contribution is 5.94. The molecule has 0 spiro atoms. The zero-order valence-electron chi connectivity index (χ0n) is 31.9. The molecule has 2 aromatic carbocycles. The molecule has 0 saturated carbocycles. The normalized spacial score (nSPS) is 20.6. The predicted octanol–water partition coefficient (Wildman–Crippen LogP) is 3.26. The van der Waals surface area contributed by atoms with Gasteiger partial charge in [-0.2, -0.15) is 5.10 Å². The van der Waals surface area contributed by atoms with E-state index in [2.05, 4.69) is 56.6 Å². The summed E-state index contributed by atoms with van der Waals surface area (Å²) in [4.78, 5) is 44.8. The summed E-state index contributed by atoms with van der Waals surface area (Å²) in [6, 6.07) is 12.2. The van der Waals surface area contributed by atoms with Crippen LogP contribution in [0.5, 0.6) is 11.5 Å². The second kappa shape index (κ2) is 15.4. The number of nitrogens with zero attached hydrogens (tertiary/aromatic N) is 5. The van der Waals surface area contributed by atoms with Crippen LogP contribution in [0, 0.1) is 0 Å². The number of carbonyl (C=O) groups excluding carboxylic acids is 2. The highest BCUT2D eigenvalue weighted by atomic mass is 16.5. The van der Waals surface area contributed by atoms with Crippen molar-refractivity contribution in [3.8, 4) is 22.6 Å². The van der Waals surface area contributed by atoms with Gasteiger partial charge in [0.2, 0.25) is 11.8 Å². The van der Waals surface area contributed by atoms with Gasteiger partial charge in [0.25, 0.3) is 5.56 Å². The van der Waals surface area contributed by atoms with Crippen molar-refractivity contribution in [3.05, 3.63) is 70.3 Å². The van der Waals surface area contributed by atoms with E-state index in [0.29, 0.717) is 55.4 Å². The molecule has 2 unspecified atom stereocenters. The van der Waals surface area contributed by atoms with Gasteiger partial charge in [0.1, 0.15) is 23.2 Å². The van der Waals surface area contributed by atoms with Crippen LogP contribution in [0.4, 0.5) is 5.69 Å². The lowest BCUT2D eigenvalue weighted by Gasteiger charge is -2.45. The molecule has 3 saturated heterocycles. The summed E-state index contributed by atoms with van der Waals surface area (Å²) in [7, 11) is 5.03. The first kappa shape index (κ1) is 37.4. The van der Waals surface area contributed by atoms with Crippen molar-refractivity contribution in [2.75, 3.05) is 58.8 Å². The van der Waals surface area contributed by atoms with Crippen molar-refractivity contribution in [3.63, 3.8) is 0 Å². The minimum atomic E-state index is -0.890. The molecule has 3 aliphatic heterocycles. The minimum Gasteiger partial charge on any atom is -0.496 e. The molecular formula is C40H52N8O6. The van der Waals surface area contributed by atoms with Gasteiger partial charge in [-0.25, -0.2) is 0 Å². The van der Waals surface area contributed by atoms with Crippen molar-refractivity contribution in [1.29, 1.82) is 0 Å². The number of aliphatic hydroxyl groups is 1. The molecule has 4 N–H and O–H groups in total. The number of nitrogens with one attached hydrogen (secondary N) is 3. The molecule has 14 nitrogen and oxygen atoms in total. The van der Waals surface area contributed by atoms with Gasteiger partial charge in [-0.05, 0) is 87.5 Å². The molecule has 2 aromatic heterocycles. The Kier molecular flexibility index (Phi) is 10.7. The zero-order chi connectivity index (χ0) is 38.1. The Morgan fingerprint density at radius 3 is 2.28 bits per heavy atom. The van der Waals surface area contributed by atoms with E-state index in [4.69, 9.17) is 9.47 Å². The quantitative estimate of drug-likeness (QED) is 0.190. The van der Waals surface area contributed by atoms with Gasteiger partial charge in [0.05, 0.1) is 37.6 Å². The van der Waals surface area contributed by atoms with E-state index in [1.165, 1.54) is 5.56 Å². The number of anilines is 1. The number of likely N-dealkylation sites (tertiary alicyclic amines) is 1. The summed E-state index contributed by atoms with van der Waals surface area (Å²) in [6.07, 6.45) is 5.53. The summed E-state index contributed by atoms with van der Waals surface area (Å²) < 4.78 is 13.3. The van der Waals surface area contributed by atoms with E-state index < -0.39 is 11.8 Å². The number of aromatic nitrogens is 3. The molecule has 7 rings (SSSR count). The molecule has 5 heterocycles. The van der Waals surface area contributed by atoms with Gasteiger partial charge < -0.3 is 34.7 Å². The van der Waals surface area contributed by atoms with Crippen molar-refractivity contribution >= 4 is 28.4 Å². The van der Waals surface area contributed by atoms with Crippen molar-refractivity contribution < 1.29 is 24.2 Å². The summed E-state index contributed by atoms with van der Waals surface area (Å²) in [5.41, 5.74) is 4.54. The number of ether oxygens (including phenoxy) is 2. The van der Waals surface area contributed by atoms with Gasteiger partial charge in [0, 0.05) is 69.0 Å². The molecule has 2 atom stereocenters. The number of fused-ring (bicyclic) bond motifs is 1. The second-order valence-electron chi connectivity index (χ2n) is 15.3. The predicted molar refractivity (Wildman–Crippen MR) is 207 cm³/mol. The maximum absolute atomic E-state index is 14.0. The highest BCUT2D eigenvalue weighted by Crippen LogP contribution is 2.38. The number of amides is 2. The standard InChI is InChI=1S/C40H52N8O6/c1-40(2,48-14-12-26(13-15-48)25-6-8-28(9-7-25)42-32-10-11-35(49)43-37(32)50)39(52)47-18-16-46(17-19-47)24-31-33(53-4)20-27(21-34(31)54-5)30-23-45(3)38(51)36-29(30)22-41-44-36/h6-9,20-23,26,32,37,42,50H,10-19,24H2,1-5H3,(H,41,44)(H,43,49). The molecule has 14 heteroatoms. The maximum atomic E-state index is 14.0. The third-order valence-electron chi connectivity index (χ3n) is 11.7. The lowest BCUT2D eigenvalue weighted by atomic mass is 9.86. The van der Waals surface area contributed by atoms with E-state index in [-0.39, 0.29) is 23.4 Å². The Bertz CT molecular complexity index is 2020. The van der Waals surface area contributed by atoms with Crippen molar-refractivity contribution in [1.82, 2.24) is 34.8 Å². The zero-order valence-corrected chi connectivity index (χ0v) is 31.9. The van der Waals surface area contributed by atoms with Crippen LogP contribution in [-0.4, -0.2) is 118 Å². The van der Waals surface area contributed by atoms with Crippen LogP contribution in [0.15, 0.2) is 53.6 Å². The summed E-state index contributed by atoms with van der Waals surface area (Å²) in [5, 5.41) is 23.8. The van der Waals surface area contributed by atoms with E-state index in [9.17, 15) is 19.5 Å². The third kappa shape index (κ3) is 7.42. The van der Waals surface area contributed by atoms with Crippen LogP contribution in [0.25, 0.3) is 22.0 Å². The lowest BCUT2D eigenvalue weighted by Crippen LogP contribution is -2.60. The molecular weight excluding hydrogens is 688 g/mol. The van der Waals surface area contributed by atoms with Crippen molar-refractivity contribution in [2.24, 2.45) is 7.05 Å². The number of aryl methyl sites for hydroxylation is 1. The van der Waals surface area contributed by atoms with E-state index >= 15 is 0 Å². The van der Waals surface area contributed by atoms with E-state index in [1.54, 1.807) is 32.0 Å². The average molecular weight is 741 g/mol. The highest BCUT2D eigenvalue weighted by Gasteiger charge is 2.40. The number of H-pyrrole nitrogens is 1. The first-order chi connectivity index (χ1) is 26.0. The van der Waals surface area contributed by atoms with Gasteiger partial charge in [0.15, 0.2) is 0 Å². The average Bonchev–Trinajstić information content (AvgIpc) is 3.68. The molecule has 0 radical (unpaired) electrons. The van der Waals surface area contributed by atoms with Crippen LogP contribution < -0.4 is 25.7 Å². The number of hydrogen-bond donors (Lipinski definition) is 4. The number of pyridine rings is 1. The number of carbonyl (C=O) groups is 2. The number of aliphatic hydroxyl groups excluding tert-OH is 1. The molecule has 3 fully saturated rings. The van der Waals surface area contributed by atoms with E-state index in [0.717, 1.165) is 66.8 Å². The monoisotopic (exact) mass is 740 g/mol. The molecule has 4 aromatic rings. The van der Waals surface area contributed by atoms with Gasteiger partial charge in [-0.15, -0.1) is 0 Å². The fourth-order valence-electron chi connectivity index (χ4n) is 8.30. The van der Waals surface area contributed by atoms with Crippen LogP contribution in [0.1, 0.15) is 56.6 Å². The third-order valence-corrected chi connectivity index (χ3v) is 11.7. The Morgan fingerprint density at radius 1 is 0.981 bits per heavy atom. The maximum Gasteiger partial charge on any atom is 0.276 e. The van der Waals surface area contributed by atoms with Crippen LogP contribution in [0.3, 0.4) is 0 Å². The van der Waals surface area contributed by atoms with Gasteiger partial charge in [-0.1, -0.05) is 12.1 Å². The van der Waals surface area contributed by atoms with Gasteiger partial charge in [-0.3, -0.25) is 29.3 Å². The fraction of sp³-hybridized carbons (Fsp3) is 0.500. The molecule has 2 amide bonds. The number of piperazine rings is 1. The Balaban J connectivity index is 0.937. The van der Waals surface area contributed by atoms with Crippen molar-refractivity contribution in [2.45, 2.75) is 69.8 Å². The number of aromatic amines is 1. The molecule has 54 heavy (non-hydrogen) atoms. The van der Waals surface area contributed by atoms with Crippen LogP contribution in [-0.2, 0) is 23.2 Å². The van der Waals surface area contributed by atoms with E-state index in [1.807, 2.05) is 35.4 Å². The number of benzene rings is 2. The molecule has 3 aliphatic rings. The summed E-state index contributed by atoms with van der Waals surface area (Å²) >= 11 is 0.